The summed E-state index contributed by atoms with van der Waals surface area (Å²) in [5.74, 6) is -2.13. The van der Waals surface area contributed by atoms with Crippen molar-refractivity contribution in [2.24, 2.45) is 5.41 Å². The normalized spacial score (nSPS) is 23.9. The Morgan fingerprint density at radius 1 is 1.04 bits per heavy atom. The molecule has 2 aromatic rings. The van der Waals surface area contributed by atoms with E-state index in [0.29, 0.717) is 22.7 Å². The van der Waals surface area contributed by atoms with Crippen LogP contribution in [0.15, 0.2) is 48.0 Å². The lowest BCUT2D eigenvalue weighted by Crippen LogP contribution is -2.60. The number of halogens is 4. The second kappa shape index (κ2) is 12.2. The molecule has 2 aromatic carbocycles. The van der Waals surface area contributed by atoms with Crippen LogP contribution in [0.3, 0.4) is 0 Å². The molecule has 0 bridgehead atoms. The first-order valence-corrected chi connectivity index (χ1v) is 15.9. The van der Waals surface area contributed by atoms with Crippen molar-refractivity contribution in [1.29, 1.82) is 0 Å². The minimum Gasteiger partial charge on any atom is -0.324 e. The van der Waals surface area contributed by atoms with Crippen molar-refractivity contribution in [3.05, 3.63) is 75.3 Å². The van der Waals surface area contributed by atoms with Gasteiger partial charge in [-0.25, -0.2) is 0 Å². The number of hydrogen-bond donors (Lipinski definition) is 1. The Bertz CT molecular complexity index is 1620. The number of nitrogens with one attached hydrogen (secondary N) is 1. The van der Waals surface area contributed by atoms with E-state index in [9.17, 15) is 32.3 Å². The summed E-state index contributed by atoms with van der Waals surface area (Å²) in [6.07, 6.45) is -1.84. The summed E-state index contributed by atoms with van der Waals surface area (Å²) in [6, 6.07) is 9.01. The number of hydrogen-bond acceptors (Lipinski definition) is 5. The van der Waals surface area contributed by atoms with Gasteiger partial charge in [-0.1, -0.05) is 43.2 Å². The first-order valence-electron chi connectivity index (χ1n) is 15.5. The van der Waals surface area contributed by atoms with Gasteiger partial charge >= 0.3 is 6.18 Å². The summed E-state index contributed by atoms with van der Waals surface area (Å²) in [7, 11) is 0. The summed E-state index contributed by atoms with van der Waals surface area (Å²) in [4.78, 5) is 54.7. The van der Waals surface area contributed by atoms with E-state index < -0.39 is 41.9 Å². The molecule has 0 aromatic heterocycles. The zero-order chi connectivity index (χ0) is 33.0. The van der Waals surface area contributed by atoms with Crippen molar-refractivity contribution in [2.75, 3.05) is 26.2 Å². The summed E-state index contributed by atoms with van der Waals surface area (Å²) in [6.45, 7) is 4.65. The van der Waals surface area contributed by atoms with Crippen LogP contribution < -0.4 is 5.32 Å². The van der Waals surface area contributed by atoms with Gasteiger partial charge < -0.3 is 9.80 Å². The maximum absolute atomic E-state index is 14.5. The van der Waals surface area contributed by atoms with Crippen LogP contribution >= 0.6 is 11.6 Å². The molecule has 0 saturated carbocycles. The second-order valence-corrected chi connectivity index (χ2v) is 13.9. The van der Waals surface area contributed by atoms with Gasteiger partial charge in [0.25, 0.3) is 11.8 Å². The van der Waals surface area contributed by atoms with E-state index in [0.717, 1.165) is 40.9 Å². The summed E-state index contributed by atoms with van der Waals surface area (Å²) >= 11 is 6.12. The largest absolute Gasteiger partial charge is 0.410 e. The third-order valence-electron chi connectivity index (χ3n) is 9.67. The predicted molar refractivity (Wildman–Crippen MR) is 166 cm³/mol. The first-order chi connectivity index (χ1) is 21.7. The maximum Gasteiger partial charge on any atom is 0.410 e. The molecule has 3 aliphatic heterocycles. The molecule has 4 amide bonds. The fraction of sp³-hybridized carbons (Fsp3) is 0.471. The Morgan fingerprint density at radius 3 is 2.48 bits per heavy atom. The number of carbonyl (C=O) groups excluding carboxylic acids is 4. The molecule has 4 aliphatic rings. The van der Waals surface area contributed by atoms with Crippen molar-refractivity contribution in [1.82, 2.24) is 20.0 Å². The van der Waals surface area contributed by atoms with Gasteiger partial charge in [0.05, 0.1) is 0 Å². The average molecular weight is 657 g/mol. The van der Waals surface area contributed by atoms with E-state index >= 15 is 0 Å². The number of carbonyl (C=O) groups is 4. The quantitative estimate of drug-likeness (QED) is 0.433. The molecule has 2 atom stereocenters. The van der Waals surface area contributed by atoms with Gasteiger partial charge in [0.1, 0.15) is 12.1 Å². The molecule has 6 rings (SSSR count). The van der Waals surface area contributed by atoms with Crippen LogP contribution in [0.2, 0.25) is 5.02 Å². The highest BCUT2D eigenvalue weighted by Gasteiger charge is 2.49. The molecular weight excluding hydrogens is 621 g/mol. The monoisotopic (exact) mass is 656 g/mol. The number of allylic oxidation sites excluding steroid dienone is 1. The third-order valence-corrected chi connectivity index (χ3v) is 9.92. The van der Waals surface area contributed by atoms with E-state index in [1.807, 2.05) is 24.3 Å². The standard InChI is InChI=1S/C34H36ClF3N4O4/c1-33(2)12-11-22(26(16-33)20-3-6-24(35)7-4-20)17-40-13-14-41(28(19-40)34(36,37)38)31(45)21-5-8-25-23(15-21)18-42(32(25)46)27-9-10-29(43)39-30(27)44/h3-8,15,27-28H,9-14,16-19H2,1-2H3,(H,39,43,44). The Kier molecular flexibility index (Phi) is 8.52. The highest BCUT2D eigenvalue weighted by molar-refractivity contribution is 6.30. The van der Waals surface area contributed by atoms with Crippen molar-refractivity contribution in [3.8, 4) is 0 Å². The number of piperidine rings is 1. The molecule has 46 heavy (non-hydrogen) atoms. The van der Waals surface area contributed by atoms with Crippen LogP contribution in [-0.2, 0) is 16.1 Å². The third kappa shape index (κ3) is 6.44. The van der Waals surface area contributed by atoms with Crippen LogP contribution in [0.4, 0.5) is 13.2 Å². The Labute approximate surface area is 270 Å². The molecular formula is C34H36ClF3N4O4. The highest BCUT2D eigenvalue weighted by Crippen LogP contribution is 2.43. The van der Waals surface area contributed by atoms with Crippen molar-refractivity contribution in [2.45, 2.75) is 70.8 Å². The van der Waals surface area contributed by atoms with Gasteiger partial charge in [-0.05, 0) is 78.1 Å². The lowest BCUT2D eigenvalue weighted by atomic mass is 9.72. The van der Waals surface area contributed by atoms with E-state index in [1.54, 1.807) is 4.90 Å². The van der Waals surface area contributed by atoms with Gasteiger partial charge in [-0.15, -0.1) is 0 Å². The molecule has 244 valence electrons. The first kappa shape index (κ1) is 32.2. The number of amides is 4. The van der Waals surface area contributed by atoms with Crippen molar-refractivity contribution >= 4 is 40.8 Å². The summed E-state index contributed by atoms with van der Waals surface area (Å²) in [5, 5.41) is 2.86. The van der Waals surface area contributed by atoms with Gasteiger partial charge in [0.2, 0.25) is 11.8 Å². The summed E-state index contributed by atoms with van der Waals surface area (Å²) < 4.78 is 43.6. The van der Waals surface area contributed by atoms with E-state index in [1.165, 1.54) is 23.1 Å². The Balaban J connectivity index is 1.20. The highest BCUT2D eigenvalue weighted by atomic mass is 35.5. The number of benzene rings is 2. The smallest absolute Gasteiger partial charge is 0.324 e. The van der Waals surface area contributed by atoms with Crippen molar-refractivity contribution < 1.29 is 32.3 Å². The Hall–Kier alpha value is -3.70. The number of imide groups is 1. The molecule has 1 N–H and O–H groups in total. The van der Waals surface area contributed by atoms with Crippen LogP contribution in [0.25, 0.3) is 5.57 Å². The lowest BCUT2D eigenvalue weighted by molar-refractivity contribution is -0.188. The topological polar surface area (TPSA) is 90.0 Å². The second-order valence-electron chi connectivity index (χ2n) is 13.5. The number of nitrogens with zero attached hydrogens (tertiary/aromatic N) is 3. The fourth-order valence-corrected chi connectivity index (χ4v) is 7.24. The molecule has 12 heteroatoms. The van der Waals surface area contributed by atoms with Gasteiger partial charge in [-0.3, -0.25) is 29.4 Å². The molecule has 0 spiro atoms. The van der Waals surface area contributed by atoms with Gasteiger partial charge in [0.15, 0.2) is 0 Å². The van der Waals surface area contributed by atoms with Crippen LogP contribution in [0, 0.1) is 5.41 Å². The molecule has 8 nitrogen and oxygen atoms in total. The molecule has 2 saturated heterocycles. The number of fused-ring (bicyclic) bond motifs is 1. The number of rotatable bonds is 5. The predicted octanol–water partition coefficient (Wildman–Crippen LogP) is 5.45. The van der Waals surface area contributed by atoms with E-state index in [2.05, 4.69) is 19.2 Å². The maximum atomic E-state index is 14.5. The Morgan fingerprint density at radius 2 is 1.78 bits per heavy atom. The van der Waals surface area contributed by atoms with Crippen molar-refractivity contribution in [3.63, 3.8) is 0 Å². The molecule has 2 fully saturated rings. The zero-order valence-corrected chi connectivity index (χ0v) is 26.5. The van der Waals surface area contributed by atoms with E-state index in [4.69, 9.17) is 11.6 Å². The van der Waals surface area contributed by atoms with Crippen LogP contribution in [0.1, 0.15) is 77.8 Å². The lowest BCUT2D eigenvalue weighted by Gasteiger charge is -2.43. The van der Waals surface area contributed by atoms with E-state index in [-0.39, 0.29) is 50.0 Å². The molecule has 0 radical (unpaired) electrons. The fourth-order valence-electron chi connectivity index (χ4n) is 7.11. The SMILES string of the molecule is CC1(C)CCC(CN2CCN(C(=O)c3ccc4c(c3)CN(C3CCC(=O)NC3=O)C4=O)C(C(F)(F)F)C2)=C(c2ccc(Cl)cc2)C1. The molecule has 3 heterocycles. The minimum absolute atomic E-state index is 0.0277. The minimum atomic E-state index is -4.65. The number of alkyl halides is 3. The zero-order valence-electron chi connectivity index (χ0n) is 25.8. The molecule has 2 unspecified atom stereocenters. The average Bonchev–Trinajstić information content (AvgIpc) is 3.32. The molecule has 1 aliphatic carbocycles. The number of piperazine rings is 1. The van der Waals surface area contributed by atoms with Gasteiger partial charge in [0, 0.05) is 55.3 Å². The van der Waals surface area contributed by atoms with Crippen LogP contribution in [-0.4, -0.2) is 82.8 Å². The van der Waals surface area contributed by atoms with Crippen LogP contribution in [0.5, 0.6) is 0 Å². The van der Waals surface area contributed by atoms with Gasteiger partial charge in [-0.2, -0.15) is 13.2 Å². The summed E-state index contributed by atoms with van der Waals surface area (Å²) in [5.41, 5.74) is 4.17.